The number of fused-ring (bicyclic) bond motifs is 1. The van der Waals surface area contributed by atoms with Crippen LogP contribution in [0.15, 0.2) is 53.7 Å². The summed E-state index contributed by atoms with van der Waals surface area (Å²) in [4.78, 5) is 20.5. The van der Waals surface area contributed by atoms with Crippen molar-refractivity contribution in [1.29, 1.82) is 0 Å². The lowest BCUT2D eigenvalue weighted by Gasteiger charge is -2.07. The van der Waals surface area contributed by atoms with Crippen LogP contribution in [0, 0.1) is 0 Å². The van der Waals surface area contributed by atoms with Crippen LogP contribution in [0.1, 0.15) is 5.56 Å². The Kier molecular flexibility index (Phi) is 3.01. The van der Waals surface area contributed by atoms with Gasteiger partial charge in [-0.15, -0.1) is 0 Å². The molecule has 3 rings (SSSR count). The lowest BCUT2D eigenvalue weighted by molar-refractivity contribution is 0.747. The zero-order valence-electron chi connectivity index (χ0n) is 9.95. The van der Waals surface area contributed by atoms with Crippen LogP contribution in [0.25, 0.3) is 11.0 Å². The summed E-state index contributed by atoms with van der Waals surface area (Å²) >= 11 is 6.10. The number of halogens is 1. The first-order valence-corrected chi connectivity index (χ1v) is 6.17. The molecule has 2 heterocycles. The standard InChI is InChI=1S/C14H10ClN3O/c15-12-6-2-1-4-10(12)8-18-9-17-13-11(14(18)19)5-3-7-16-13/h1-7,9H,8H2. The second-order valence-electron chi connectivity index (χ2n) is 4.14. The molecule has 0 bridgehead atoms. The number of aromatic nitrogens is 3. The number of rotatable bonds is 2. The smallest absolute Gasteiger partial charge is 0.263 e. The van der Waals surface area contributed by atoms with Crippen LogP contribution in [-0.4, -0.2) is 14.5 Å². The Balaban J connectivity index is 2.10. The monoisotopic (exact) mass is 271 g/mol. The van der Waals surface area contributed by atoms with Gasteiger partial charge >= 0.3 is 0 Å². The van der Waals surface area contributed by atoms with Crippen molar-refractivity contribution in [2.45, 2.75) is 6.54 Å². The molecule has 1 aromatic carbocycles. The highest BCUT2D eigenvalue weighted by molar-refractivity contribution is 6.31. The van der Waals surface area contributed by atoms with Gasteiger partial charge in [-0.05, 0) is 23.8 Å². The lowest BCUT2D eigenvalue weighted by atomic mass is 10.2. The number of benzene rings is 1. The highest BCUT2D eigenvalue weighted by Gasteiger charge is 2.06. The van der Waals surface area contributed by atoms with Crippen LogP contribution in [0.5, 0.6) is 0 Å². The minimum atomic E-state index is -0.113. The van der Waals surface area contributed by atoms with Crippen LogP contribution in [0.2, 0.25) is 5.02 Å². The Morgan fingerprint density at radius 2 is 1.95 bits per heavy atom. The first-order chi connectivity index (χ1) is 9.25. The maximum Gasteiger partial charge on any atom is 0.263 e. The molecule has 0 saturated carbocycles. The summed E-state index contributed by atoms with van der Waals surface area (Å²) in [7, 11) is 0. The van der Waals surface area contributed by atoms with Crippen molar-refractivity contribution >= 4 is 22.6 Å². The molecule has 0 atom stereocenters. The van der Waals surface area contributed by atoms with E-state index < -0.39 is 0 Å². The fourth-order valence-corrected chi connectivity index (χ4v) is 2.12. The van der Waals surface area contributed by atoms with E-state index >= 15 is 0 Å². The van der Waals surface area contributed by atoms with E-state index in [1.165, 1.54) is 10.9 Å². The van der Waals surface area contributed by atoms with Crippen molar-refractivity contribution in [1.82, 2.24) is 14.5 Å². The Hall–Kier alpha value is -2.20. The summed E-state index contributed by atoms with van der Waals surface area (Å²) in [5.74, 6) is 0. The van der Waals surface area contributed by atoms with E-state index in [-0.39, 0.29) is 5.56 Å². The summed E-state index contributed by atoms with van der Waals surface area (Å²) in [6.07, 6.45) is 3.12. The normalized spacial score (nSPS) is 10.8. The molecule has 2 aromatic heterocycles. The highest BCUT2D eigenvalue weighted by Crippen LogP contribution is 2.15. The van der Waals surface area contributed by atoms with Gasteiger partial charge in [0.25, 0.3) is 5.56 Å². The molecule has 0 amide bonds. The summed E-state index contributed by atoms with van der Waals surface area (Å²) in [5, 5.41) is 1.15. The summed E-state index contributed by atoms with van der Waals surface area (Å²) in [6.45, 7) is 0.399. The zero-order chi connectivity index (χ0) is 13.2. The third kappa shape index (κ3) is 2.22. The molecule has 0 spiro atoms. The molecule has 0 aliphatic rings. The minimum Gasteiger partial charge on any atom is -0.294 e. The third-order valence-corrected chi connectivity index (χ3v) is 3.26. The van der Waals surface area contributed by atoms with Gasteiger partial charge in [0.05, 0.1) is 11.9 Å². The molecule has 19 heavy (non-hydrogen) atoms. The number of pyridine rings is 1. The van der Waals surface area contributed by atoms with E-state index in [2.05, 4.69) is 9.97 Å². The van der Waals surface area contributed by atoms with Crippen LogP contribution in [0.3, 0.4) is 0 Å². The quantitative estimate of drug-likeness (QED) is 0.719. The Morgan fingerprint density at radius 3 is 2.79 bits per heavy atom. The molecule has 94 valence electrons. The molecule has 0 saturated heterocycles. The molecule has 0 aliphatic carbocycles. The molecule has 3 aromatic rings. The molecular formula is C14H10ClN3O. The largest absolute Gasteiger partial charge is 0.294 e. The van der Waals surface area contributed by atoms with Crippen molar-refractivity contribution in [3.05, 3.63) is 69.9 Å². The summed E-state index contributed by atoms with van der Waals surface area (Å²) < 4.78 is 1.53. The van der Waals surface area contributed by atoms with Crippen LogP contribution in [-0.2, 0) is 6.54 Å². The second-order valence-corrected chi connectivity index (χ2v) is 4.55. The molecule has 0 radical (unpaired) electrons. The van der Waals surface area contributed by atoms with Gasteiger partial charge < -0.3 is 0 Å². The van der Waals surface area contributed by atoms with Gasteiger partial charge in [0.15, 0.2) is 5.65 Å². The van der Waals surface area contributed by atoms with E-state index in [0.29, 0.717) is 22.6 Å². The molecule has 0 fully saturated rings. The van der Waals surface area contributed by atoms with Gasteiger partial charge in [-0.1, -0.05) is 29.8 Å². The average molecular weight is 272 g/mol. The molecule has 0 aliphatic heterocycles. The van der Waals surface area contributed by atoms with E-state index in [4.69, 9.17) is 11.6 Å². The van der Waals surface area contributed by atoms with E-state index in [1.807, 2.05) is 18.2 Å². The topological polar surface area (TPSA) is 47.8 Å². The zero-order valence-corrected chi connectivity index (χ0v) is 10.7. The second kappa shape index (κ2) is 4.82. The van der Waals surface area contributed by atoms with Crippen molar-refractivity contribution in [3.8, 4) is 0 Å². The maximum atomic E-state index is 12.3. The molecule has 0 N–H and O–H groups in total. The molecule has 0 unspecified atom stereocenters. The fraction of sp³-hybridized carbons (Fsp3) is 0.0714. The van der Waals surface area contributed by atoms with Gasteiger partial charge in [0.1, 0.15) is 6.33 Å². The van der Waals surface area contributed by atoms with E-state index in [1.54, 1.807) is 24.4 Å². The third-order valence-electron chi connectivity index (χ3n) is 2.90. The average Bonchev–Trinajstić information content (AvgIpc) is 2.44. The van der Waals surface area contributed by atoms with Crippen molar-refractivity contribution in [2.24, 2.45) is 0 Å². The van der Waals surface area contributed by atoms with Crippen molar-refractivity contribution < 1.29 is 0 Å². The van der Waals surface area contributed by atoms with Crippen molar-refractivity contribution in [3.63, 3.8) is 0 Å². The SMILES string of the molecule is O=c1c2cccnc2ncn1Cc1ccccc1Cl. The van der Waals surface area contributed by atoms with Crippen LogP contribution in [0.4, 0.5) is 0 Å². The highest BCUT2D eigenvalue weighted by atomic mass is 35.5. The first-order valence-electron chi connectivity index (χ1n) is 5.79. The number of nitrogens with zero attached hydrogens (tertiary/aromatic N) is 3. The fourth-order valence-electron chi connectivity index (χ4n) is 1.92. The van der Waals surface area contributed by atoms with Crippen molar-refractivity contribution in [2.75, 3.05) is 0 Å². The van der Waals surface area contributed by atoms with E-state index in [0.717, 1.165) is 5.56 Å². The molecular weight excluding hydrogens is 262 g/mol. The predicted molar refractivity (Wildman–Crippen MR) is 74.4 cm³/mol. The Morgan fingerprint density at radius 1 is 1.11 bits per heavy atom. The van der Waals surface area contributed by atoms with Gasteiger partial charge in [-0.3, -0.25) is 9.36 Å². The maximum absolute atomic E-state index is 12.3. The molecule has 4 nitrogen and oxygen atoms in total. The van der Waals surface area contributed by atoms with Gasteiger partial charge in [0, 0.05) is 11.2 Å². The Labute approximate surface area is 114 Å². The summed E-state index contributed by atoms with van der Waals surface area (Å²) in [6, 6.07) is 10.9. The first kappa shape index (κ1) is 11.9. The van der Waals surface area contributed by atoms with Gasteiger partial charge in [-0.25, -0.2) is 9.97 Å². The van der Waals surface area contributed by atoms with Gasteiger partial charge in [-0.2, -0.15) is 0 Å². The number of hydrogen-bond acceptors (Lipinski definition) is 3. The van der Waals surface area contributed by atoms with Crippen LogP contribution < -0.4 is 5.56 Å². The Bertz CT molecular complexity index is 798. The van der Waals surface area contributed by atoms with Crippen LogP contribution >= 0.6 is 11.6 Å². The van der Waals surface area contributed by atoms with Gasteiger partial charge in [0.2, 0.25) is 0 Å². The number of hydrogen-bond donors (Lipinski definition) is 0. The summed E-state index contributed by atoms with van der Waals surface area (Å²) in [5.41, 5.74) is 1.23. The minimum absolute atomic E-state index is 0.113. The molecule has 5 heteroatoms. The predicted octanol–water partition coefficient (Wildman–Crippen LogP) is 2.49. The lowest BCUT2D eigenvalue weighted by Crippen LogP contribution is -2.21. The van der Waals surface area contributed by atoms with E-state index in [9.17, 15) is 4.79 Å².